The van der Waals surface area contributed by atoms with Crippen molar-refractivity contribution in [3.8, 4) is 12.1 Å². The van der Waals surface area contributed by atoms with Crippen molar-refractivity contribution in [2.45, 2.75) is 56.8 Å². The van der Waals surface area contributed by atoms with Gasteiger partial charge < -0.3 is 4.90 Å². The van der Waals surface area contributed by atoms with E-state index in [4.69, 9.17) is 15.4 Å². The predicted octanol–water partition coefficient (Wildman–Crippen LogP) is 3.25. The summed E-state index contributed by atoms with van der Waals surface area (Å²) in [5.74, 6) is 0.0466. The molecular weight excluding hydrogens is 328 g/mol. The van der Waals surface area contributed by atoms with Crippen molar-refractivity contribution in [2.75, 3.05) is 6.54 Å². The van der Waals surface area contributed by atoms with Crippen LogP contribution >= 0.6 is 0 Å². The molecule has 6 nitrogen and oxygen atoms in total. The molecule has 26 heavy (non-hydrogen) atoms. The monoisotopic (exact) mass is 350 g/mol. The largest absolute Gasteiger partial charge is 0.319 e. The lowest BCUT2D eigenvalue weighted by Crippen LogP contribution is -2.61. The molecule has 0 radical (unpaired) electrons. The molecule has 134 valence electrons. The lowest BCUT2D eigenvalue weighted by atomic mass is 9.64. The Morgan fingerprint density at radius 2 is 1.85 bits per heavy atom. The summed E-state index contributed by atoms with van der Waals surface area (Å²) in [4.78, 5) is 21.7. The topological polar surface area (TPSA) is 83.4 Å². The van der Waals surface area contributed by atoms with Crippen LogP contribution in [-0.2, 0) is 9.63 Å². The van der Waals surface area contributed by atoms with Gasteiger partial charge in [0, 0.05) is 13.0 Å². The maximum absolute atomic E-state index is 13.7. The van der Waals surface area contributed by atoms with Crippen LogP contribution in [0, 0.1) is 28.1 Å². The second-order valence-electron chi connectivity index (χ2n) is 7.34. The highest BCUT2D eigenvalue weighted by Gasteiger charge is 2.77. The Hall–Kier alpha value is -2.41. The third kappa shape index (κ3) is 2.26. The van der Waals surface area contributed by atoms with E-state index in [9.17, 15) is 4.79 Å². The van der Waals surface area contributed by atoms with Gasteiger partial charge in [0.1, 0.15) is 6.17 Å². The Labute approximate surface area is 153 Å². The number of nitriles is 2. The van der Waals surface area contributed by atoms with Gasteiger partial charge in [0.2, 0.25) is 5.91 Å². The van der Waals surface area contributed by atoms with Crippen LogP contribution in [-0.4, -0.2) is 28.1 Å². The summed E-state index contributed by atoms with van der Waals surface area (Å²) in [6.07, 6.45) is 4.40. The number of hydroxylamine groups is 2. The fourth-order valence-electron chi connectivity index (χ4n) is 4.89. The summed E-state index contributed by atoms with van der Waals surface area (Å²) in [5.41, 5.74) is -0.250. The number of nitrogens with zero attached hydrogens (tertiary/aromatic N) is 4. The SMILES string of the molecule is N#CCCN1C(=O)C2(CCC#N)CCCCC23ON3C1c1ccccc1. The van der Waals surface area contributed by atoms with Gasteiger partial charge in [0.05, 0.1) is 24.0 Å². The zero-order valence-corrected chi connectivity index (χ0v) is 14.7. The van der Waals surface area contributed by atoms with Gasteiger partial charge in [-0.2, -0.15) is 10.5 Å². The zero-order chi connectivity index (χ0) is 18.2. The lowest BCUT2D eigenvalue weighted by Gasteiger charge is -2.49. The van der Waals surface area contributed by atoms with E-state index < -0.39 is 11.1 Å². The molecule has 2 saturated heterocycles. The first kappa shape index (κ1) is 17.0. The minimum absolute atomic E-state index is 0.0466. The number of hydrogen-bond donors (Lipinski definition) is 0. The molecule has 1 amide bonds. The standard InChI is InChI=1S/C20H22N4O2/c21-13-6-11-19-10-4-5-12-20(19)24(26-20)17(16-8-2-1-3-9-16)23(18(19)25)15-7-14-22/h1-3,8-9,17H,4-7,10-12,15H2. The average molecular weight is 350 g/mol. The predicted molar refractivity (Wildman–Crippen MR) is 92.5 cm³/mol. The summed E-state index contributed by atoms with van der Waals surface area (Å²) in [6, 6.07) is 14.2. The third-order valence-electron chi connectivity index (χ3n) is 6.10. The molecule has 3 fully saturated rings. The van der Waals surface area contributed by atoms with Gasteiger partial charge >= 0.3 is 0 Å². The van der Waals surface area contributed by atoms with E-state index in [2.05, 4.69) is 12.1 Å². The molecule has 2 aliphatic heterocycles. The summed E-state index contributed by atoms with van der Waals surface area (Å²) in [5, 5.41) is 20.2. The Kier molecular flexibility index (Phi) is 4.19. The number of hydrogen-bond acceptors (Lipinski definition) is 5. The number of amides is 1. The third-order valence-corrected chi connectivity index (χ3v) is 6.10. The second-order valence-corrected chi connectivity index (χ2v) is 7.34. The van der Waals surface area contributed by atoms with Crippen LogP contribution in [0.15, 0.2) is 30.3 Å². The van der Waals surface area contributed by atoms with E-state index in [0.29, 0.717) is 19.4 Å². The molecule has 1 aromatic rings. The molecule has 4 atom stereocenters. The van der Waals surface area contributed by atoms with Gasteiger partial charge in [0.15, 0.2) is 5.72 Å². The summed E-state index contributed by atoms with van der Waals surface area (Å²) in [6.45, 7) is 0.374. The minimum atomic E-state index is -0.665. The molecule has 2 heterocycles. The highest BCUT2D eigenvalue weighted by Crippen LogP contribution is 2.66. The summed E-state index contributed by atoms with van der Waals surface area (Å²) < 4.78 is 0. The highest BCUT2D eigenvalue weighted by molar-refractivity contribution is 5.86. The van der Waals surface area contributed by atoms with Crippen molar-refractivity contribution in [1.29, 1.82) is 10.5 Å². The highest BCUT2D eigenvalue weighted by atomic mass is 16.9. The van der Waals surface area contributed by atoms with Crippen LogP contribution in [0.5, 0.6) is 0 Å². The number of carbonyl (C=O) groups excluding carboxylic acids is 1. The first-order chi connectivity index (χ1) is 12.7. The molecule has 1 saturated carbocycles. The molecule has 0 N–H and O–H groups in total. The Morgan fingerprint density at radius 1 is 1.12 bits per heavy atom. The molecule has 1 aliphatic carbocycles. The zero-order valence-electron chi connectivity index (χ0n) is 14.7. The van der Waals surface area contributed by atoms with Crippen molar-refractivity contribution in [3.63, 3.8) is 0 Å². The normalized spacial score (nSPS) is 35.0. The maximum Gasteiger partial charge on any atom is 0.234 e. The molecule has 6 heteroatoms. The van der Waals surface area contributed by atoms with Crippen LogP contribution in [0.25, 0.3) is 0 Å². The molecule has 4 rings (SSSR count). The average Bonchev–Trinajstić information content (AvgIpc) is 3.40. The molecule has 3 aliphatic rings. The van der Waals surface area contributed by atoms with Gasteiger partial charge in [-0.05, 0) is 31.2 Å². The number of rotatable bonds is 5. The smallest absolute Gasteiger partial charge is 0.234 e. The Morgan fingerprint density at radius 3 is 2.58 bits per heavy atom. The van der Waals surface area contributed by atoms with Gasteiger partial charge in [-0.25, -0.2) is 0 Å². The Bertz CT molecular complexity index is 783. The van der Waals surface area contributed by atoms with Gasteiger partial charge in [-0.15, -0.1) is 5.06 Å². The summed E-state index contributed by atoms with van der Waals surface area (Å²) >= 11 is 0. The Balaban J connectivity index is 1.77. The van der Waals surface area contributed by atoms with Crippen molar-refractivity contribution >= 4 is 5.91 Å². The first-order valence-electron chi connectivity index (χ1n) is 9.29. The van der Waals surface area contributed by atoms with Crippen molar-refractivity contribution < 1.29 is 9.63 Å². The molecule has 0 aromatic heterocycles. The molecule has 1 spiro atoms. The van der Waals surface area contributed by atoms with Crippen molar-refractivity contribution in [1.82, 2.24) is 9.96 Å². The second kappa shape index (κ2) is 6.39. The molecular formula is C20H22N4O2. The van der Waals surface area contributed by atoms with E-state index in [-0.39, 0.29) is 18.5 Å². The van der Waals surface area contributed by atoms with Crippen molar-refractivity contribution in [2.24, 2.45) is 5.41 Å². The van der Waals surface area contributed by atoms with Gasteiger partial charge in [0.25, 0.3) is 0 Å². The quantitative estimate of drug-likeness (QED) is 0.761. The van der Waals surface area contributed by atoms with Crippen LogP contribution < -0.4 is 0 Å². The molecule has 1 aromatic carbocycles. The molecule has 0 bridgehead atoms. The van der Waals surface area contributed by atoms with Gasteiger partial charge in [-0.3, -0.25) is 9.63 Å². The first-order valence-corrected chi connectivity index (χ1v) is 9.29. The van der Waals surface area contributed by atoms with E-state index in [1.54, 1.807) is 4.90 Å². The van der Waals surface area contributed by atoms with Crippen LogP contribution in [0.4, 0.5) is 0 Å². The summed E-state index contributed by atoms with van der Waals surface area (Å²) in [7, 11) is 0. The van der Waals surface area contributed by atoms with Crippen LogP contribution in [0.2, 0.25) is 0 Å². The van der Waals surface area contributed by atoms with E-state index in [1.807, 2.05) is 35.4 Å². The number of benzene rings is 1. The number of carbonyl (C=O) groups is 1. The van der Waals surface area contributed by atoms with E-state index in [0.717, 1.165) is 31.2 Å². The van der Waals surface area contributed by atoms with E-state index >= 15 is 0 Å². The van der Waals surface area contributed by atoms with Crippen LogP contribution in [0.1, 0.15) is 56.7 Å². The fourth-order valence-corrected chi connectivity index (χ4v) is 4.89. The van der Waals surface area contributed by atoms with E-state index in [1.165, 1.54) is 0 Å². The lowest BCUT2D eigenvalue weighted by molar-refractivity contribution is -0.164. The fraction of sp³-hybridized carbons (Fsp3) is 0.550. The minimum Gasteiger partial charge on any atom is -0.319 e. The molecule has 4 unspecified atom stereocenters. The van der Waals surface area contributed by atoms with Crippen LogP contribution in [0.3, 0.4) is 0 Å². The van der Waals surface area contributed by atoms with Crippen molar-refractivity contribution in [3.05, 3.63) is 35.9 Å². The van der Waals surface area contributed by atoms with Gasteiger partial charge in [-0.1, -0.05) is 36.8 Å². The maximum atomic E-state index is 13.7.